The maximum atomic E-state index is 13.8. The maximum absolute atomic E-state index is 13.8. The summed E-state index contributed by atoms with van der Waals surface area (Å²) < 4.78 is 5.28. The summed E-state index contributed by atoms with van der Waals surface area (Å²) in [7, 11) is 1.61. The Hall–Kier alpha value is -3.86. The number of rotatable bonds is 4. The smallest absolute Gasteiger partial charge is 0.282 e. The van der Waals surface area contributed by atoms with Gasteiger partial charge in [-0.2, -0.15) is 0 Å². The van der Waals surface area contributed by atoms with Gasteiger partial charge in [-0.1, -0.05) is 54.6 Å². The van der Waals surface area contributed by atoms with E-state index in [-0.39, 0.29) is 11.8 Å². The number of carbonyl (C=O) groups is 2. The number of nitrogens with zero attached hydrogens (tertiary/aromatic N) is 2. The van der Waals surface area contributed by atoms with Crippen molar-refractivity contribution in [2.45, 2.75) is 19.9 Å². The molecule has 2 heterocycles. The first kappa shape index (κ1) is 20.1. The van der Waals surface area contributed by atoms with Gasteiger partial charge in [0.25, 0.3) is 11.8 Å². The average Bonchev–Trinajstić information content (AvgIpc) is 3.09. The molecule has 0 radical (unpaired) electrons. The Morgan fingerprint density at radius 2 is 1.50 bits per heavy atom. The molecule has 0 N–H and O–H groups in total. The Bertz CT molecular complexity index is 1240. The number of fused-ring (bicyclic) bond motifs is 1. The number of ether oxygens (including phenoxy) is 1. The minimum absolute atomic E-state index is 0.269. The van der Waals surface area contributed by atoms with Crippen molar-refractivity contribution in [3.05, 3.63) is 101 Å². The zero-order valence-corrected chi connectivity index (χ0v) is 18.2. The molecule has 0 fully saturated rings. The van der Waals surface area contributed by atoms with E-state index >= 15 is 0 Å². The molecule has 0 aliphatic carbocycles. The van der Waals surface area contributed by atoms with Gasteiger partial charge in [0, 0.05) is 13.1 Å². The van der Waals surface area contributed by atoms with Gasteiger partial charge in [-0.25, -0.2) is 4.90 Å². The van der Waals surface area contributed by atoms with Crippen molar-refractivity contribution in [3.63, 3.8) is 0 Å². The van der Waals surface area contributed by atoms with Crippen molar-refractivity contribution in [1.82, 2.24) is 4.90 Å². The van der Waals surface area contributed by atoms with E-state index in [1.165, 1.54) is 16.0 Å². The van der Waals surface area contributed by atoms with E-state index in [2.05, 4.69) is 17.0 Å². The van der Waals surface area contributed by atoms with Crippen LogP contribution in [0.3, 0.4) is 0 Å². The highest BCUT2D eigenvalue weighted by molar-refractivity contribution is 6.45. The van der Waals surface area contributed by atoms with Crippen LogP contribution in [0.4, 0.5) is 5.69 Å². The molecule has 2 aliphatic heterocycles. The van der Waals surface area contributed by atoms with Gasteiger partial charge in [-0.15, -0.1) is 0 Å². The Morgan fingerprint density at radius 3 is 2.22 bits per heavy atom. The molecule has 3 aromatic rings. The second kappa shape index (κ2) is 8.00. The van der Waals surface area contributed by atoms with E-state index < -0.39 is 0 Å². The number of carbonyl (C=O) groups excluding carboxylic acids is 2. The van der Waals surface area contributed by atoms with Gasteiger partial charge in [0.05, 0.1) is 18.4 Å². The summed E-state index contributed by atoms with van der Waals surface area (Å²) in [6.45, 7) is 3.20. The van der Waals surface area contributed by atoms with Gasteiger partial charge in [0.1, 0.15) is 11.4 Å². The van der Waals surface area contributed by atoms with E-state index in [0.29, 0.717) is 41.4 Å². The number of benzene rings is 3. The molecular weight excluding hydrogens is 400 g/mol. The first-order valence-electron chi connectivity index (χ1n) is 10.7. The number of imide groups is 1. The Balaban J connectivity index is 1.63. The standard InChI is InChI=1S/C27H24N2O3/c1-18-7-3-6-10-23(18)29-26(30)24(20-11-13-22(32-2)14-12-20)25(27(29)31)28-16-15-19-8-4-5-9-21(19)17-28/h3-14H,15-17H2,1-2H3. The van der Waals surface area contributed by atoms with Gasteiger partial charge < -0.3 is 9.64 Å². The molecule has 0 spiro atoms. The van der Waals surface area contributed by atoms with Crippen LogP contribution in [-0.4, -0.2) is 30.4 Å². The van der Waals surface area contributed by atoms with Crippen LogP contribution in [0.15, 0.2) is 78.5 Å². The Labute approximate surface area is 187 Å². The summed E-state index contributed by atoms with van der Waals surface area (Å²) in [5.74, 6) is 0.146. The van der Waals surface area contributed by atoms with Crippen LogP contribution in [-0.2, 0) is 22.6 Å². The molecule has 0 saturated carbocycles. The number of hydrogen-bond acceptors (Lipinski definition) is 4. The lowest BCUT2D eigenvalue weighted by Crippen LogP contribution is -2.37. The number of aryl methyl sites for hydroxylation is 1. The Kier molecular flexibility index (Phi) is 5.02. The summed E-state index contributed by atoms with van der Waals surface area (Å²) in [6, 6.07) is 23.1. The van der Waals surface area contributed by atoms with Crippen LogP contribution < -0.4 is 9.64 Å². The first-order chi connectivity index (χ1) is 15.6. The number of amides is 2. The predicted octanol–water partition coefficient (Wildman–Crippen LogP) is 4.35. The third-order valence-electron chi connectivity index (χ3n) is 6.24. The number of methoxy groups -OCH3 is 1. The van der Waals surface area contributed by atoms with Crippen LogP contribution in [0.25, 0.3) is 5.57 Å². The zero-order chi connectivity index (χ0) is 22.2. The van der Waals surface area contributed by atoms with Crippen molar-refractivity contribution >= 4 is 23.1 Å². The summed E-state index contributed by atoms with van der Waals surface area (Å²) in [5, 5.41) is 0. The SMILES string of the molecule is COc1ccc(C2=C(N3CCc4ccccc4C3)C(=O)N(c3ccccc3C)C2=O)cc1. The lowest BCUT2D eigenvalue weighted by Gasteiger charge is -2.31. The van der Waals surface area contributed by atoms with Gasteiger partial charge in [-0.05, 0) is 53.8 Å². The lowest BCUT2D eigenvalue weighted by molar-refractivity contribution is -0.120. The summed E-state index contributed by atoms with van der Waals surface area (Å²) in [6.07, 6.45) is 0.835. The molecule has 0 unspecified atom stereocenters. The van der Waals surface area contributed by atoms with Crippen molar-refractivity contribution in [3.8, 4) is 5.75 Å². The number of hydrogen-bond donors (Lipinski definition) is 0. The monoisotopic (exact) mass is 424 g/mol. The molecule has 32 heavy (non-hydrogen) atoms. The van der Waals surface area contributed by atoms with Crippen LogP contribution in [0.5, 0.6) is 5.75 Å². The normalized spacial score (nSPS) is 15.9. The van der Waals surface area contributed by atoms with E-state index in [1.54, 1.807) is 7.11 Å². The summed E-state index contributed by atoms with van der Waals surface area (Å²) in [5.41, 5.74) is 5.62. The molecule has 0 bridgehead atoms. The fourth-order valence-corrected chi connectivity index (χ4v) is 4.55. The molecule has 2 aliphatic rings. The van der Waals surface area contributed by atoms with Gasteiger partial charge in [0.15, 0.2) is 0 Å². The second-order valence-corrected chi connectivity index (χ2v) is 8.12. The quantitative estimate of drug-likeness (QED) is 0.585. The molecule has 0 aromatic heterocycles. The maximum Gasteiger partial charge on any atom is 0.282 e. The topological polar surface area (TPSA) is 49.9 Å². The highest BCUT2D eigenvalue weighted by Crippen LogP contribution is 2.38. The second-order valence-electron chi connectivity index (χ2n) is 8.12. The molecule has 5 nitrogen and oxygen atoms in total. The molecular formula is C27H24N2O3. The van der Waals surface area contributed by atoms with E-state index in [9.17, 15) is 9.59 Å². The molecule has 2 amide bonds. The summed E-state index contributed by atoms with van der Waals surface area (Å²) in [4.78, 5) is 30.9. The third-order valence-corrected chi connectivity index (χ3v) is 6.24. The highest BCUT2D eigenvalue weighted by atomic mass is 16.5. The van der Waals surface area contributed by atoms with Crippen LogP contribution >= 0.6 is 0 Å². The van der Waals surface area contributed by atoms with E-state index in [0.717, 1.165) is 12.0 Å². The highest BCUT2D eigenvalue weighted by Gasteiger charge is 2.43. The van der Waals surface area contributed by atoms with Gasteiger partial charge in [0.2, 0.25) is 0 Å². The zero-order valence-electron chi connectivity index (χ0n) is 18.2. The molecule has 3 aromatic carbocycles. The minimum Gasteiger partial charge on any atom is -0.497 e. The lowest BCUT2D eigenvalue weighted by atomic mass is 9.98. The predicted molar refractivity (Wildman–Crippen MR) is 124 cm³/mol. The average molecular weight is 425 g/mol. The number of anilines is 1. The van der Waals surface area contributed by atoms with Crippen molar-refractivity contribution in [2.75, 3.05) is 18.6 Å². The molecule has 0 saturated heterocycles. The minimum atomic E-state index is -0.289. The molecule has 5 heteroatoms. The fourth-order valence-electron chi connectivity index (χ4n) is 4.55. The van der Waals surface area contributed by atoms with Crippen molar-refractivity contribution in [2.24, 2.45) is 0 Å². The van der Waals surface area contributed by atoms with Gasteiger partial charge in [-0.3, -0.25) is 9.59 Å². The van der Waals surface area contributed by atoms with E-state index in [1.807, 2.05) is 67.6 Å². The molecule has 0 atom stereocenters. The molecule has 160 valence electrons. The van der Waals surface area contributed by atoms with Crippen molar-refractivity contribution in [1.29, 1.82) is 0 Å². The largest absolute Gasteiger partial charge is 0.497 e. The molecule has 5 rings (SSSR count). The van der Waals surface area contributed by atoms with E-state index in [4.69, 9.17) is 4.74 Å². The van der Waals surface area contributed by atoms with Crippen LogP contribution in [0.1, 0.15) is 22.3 Å². The first-order valence-corrected chi connectivity index (χ1v) is 10.7. The van der Waals surface area contributed by atoms with Gasteiger partial charge >= 0.3 is 0 Å². The number of para-hydroxylation sites is 1. The fraction of sp³-hybridized carbons (Fsp3) is 0.185. The van der Waals surface area contributed by atoms with Crippen molar-refractivity contribution < 1.29 is 14.3 Å². The van der Waals surface area contributed by atoms with Crippen LogP contribution in [0, 0.1) is 6.92 Å². The van der Waals surface area contributed by atoms with Crippen LogP contribution in [0.2, 0.25) is 0 Å². The third kappa shape index (κ3) is 3.26. The Morgan fingerprint density at radius 1 is 0.812 bits per heavy atom. The summed E-state index contributed by atoms with van der Waals surface area (Å²) >= 11 is 0.